The summed E-state index contributed by atoms with van der Waals surface area (Å²) in [6.07, 6.45) is 0. The summed E-state index contributed by atoms with van der Waals surface area (Å²) in [6, 6.07) is 17.1. The van der Waals surface area contributed by atoms with Crippen LogP contribution in [-0.2, 0) is 0 Å². The second kappa shape index (κ2) is 7.15. The molecular weight excluding hydrogens is 274 g/mol. The van der Waals surface area contributed by atoms with Gasteiger partial charge in [0.2, 0.25) is 0 Å². The number of nitrogens with two attached hydrogens (primary N) is 1. The molecule has 0 saturated carbocycles. The number of thioether (sulfide) groups is 1. The van der Waals surface area contributed by atoms with E-state index in [-0.39, 0.29) is 6.04 Å². The maximum Gasteiger partial charge on any atom is 0.0421 e. The van der Waals surface area contributed by atoms with Crippen LogP contribution >= 0.6 is 11.8 Å². The topological polar surface area (TPSA) is 26.0 Å². The van der Waals surface area contributed by atoms with Crippen LogP contribution < -0.4 is 5.73 Å². The molecule has 0 aliphatic rings. The lowest BCUT2D eigenvalue weighted by atomic mass is 9.97. The molecule has 2 aromatic rings. The third kappa shape index (κ3) is 4.12. The molecule has 0 saturated heterocycles. The predicted molar refractivity (Wildman–Crippen MR) is 93.8 cm³/mol. The van der Waals surface area contributed by atoms with Crippen LogP contribution in [0, 0.1) is 19.8 Å². The third-order valence-electron chi connectivity index (χ3n) is 3.79. The Morgan fingerprint density at radius 3 is 2.19 bits per heavy atom. The molecule has 2 atom stereocenters. The van der Waals surface area contributed by atoms with Gasteiger partial charge in [0, 0.05) is 16.2 Å². The minimum absolute atomic E-state index is 0.0527. The van der Waals surface area contributed by atoms with Crippen LogP contribution in [-0.4, -0.2) is 5.25 Å². The monoisotopic (exact) mass is 299 g/mol. The lowest BCUT2D eigenvalue weighted by molar-refractivity contribution is 0.527. The molecule has 2 aromatic carbocycles. The second-order valence-corrected chi connectivity index (χ2v) is 7.25. The van der Waals surface area contributed by atoms with Crippen molar-refractivity contribution in [1.82, 2.24) is 0 Å². The lowest BCUT2D eigenvalue weighted by Crippen LogP contribution is -2.28. The van der Waals surface area contributed by atoms with Crippen molar-refractivity contribution >= 4 is 11.8 Å². The minimum atomic E-state index is 0.0527. The summed E-state index contributed by atoms with van der Waals surface area (Å²) in [4.78, 5) is 1.34. The number of aryl methyl sites for hydroxylation is 2. The van der Waals surface area contributed by atoms with Gasteiger partial charge in [0.05, 0.1) is 0 Å². The molecule has 0 aliphatic carbocycles. The standard InChI is InChI=1S/C19H25NS/c1-13(2)19(18(20)16-8-6-5-7-9-16)21-17-11-10-14(3)12-15(17)4/h5-13,18-19H,20H2,1-4H3. The zero-order valence-corrected chi connectivity index (χ0v) is 14.2. The normalized spacial score (nSPS) is 14.2. The van der Waals surface area contributed by atoms with Crippen LogP contribution in [0.5, 0.6) is 0 Å². The zero-order chi connectivity index (χ0) is 15.4. The molecule has 2 unspecified atom stereocenters. The largest absolute Gasteiger partial charge is 0.323 e. The van der Waals surface area contributed by atoms with E-state index in [9.17, 15) is 0 Å². The van der Waals surface area contributed by atoms with E-state index in [1.807, 2.05) is 17.8 Å². The first-order valence-electron chi connectivity index (χ1n) is 7.53. The summed E-state index contributed by atoms with van der Waals surface area (Å²) >= 11 is 1.91. The van der Waals surface area contributed by atoms with Gasteiger partial charge in [-0.05, 0) is 37.0 Å². The van der Waals surface area contributed by atoms with Crippen molar-refractivity contribution in [3.63, 3.8) is 0 Å². The molecule has 0 bridgehead atoms. The lowest BCUT2D eigenvalue weighted by Gasteiger charge is -2.28. The quantitative estimate of drug-likeness (QED) is 0.775. The van der Waals surface area contributed by atoms with Gasteiger partial charge in [-0.25, -0.2) is 0 Å². The van der Waals surface area contributed by atoms with Gasteiger partial charge >= 0.3 is 0 Å². The highest BCUT2D eigenvalue weighted by molar-refractivity contribution is 8.00. The SMILES string of the molecule is Cc1ccc(SC(C(C)C)C(N)c2ccccc2)c(C)c1. The second-order valence-electron chi connectivity index (χ2n) is 6.03. The molecule has 0 aliphatic heterocycles. The Kier molecular flexibility index (Phi) is 5.49. The van der Waals surface area contributed by atoms with Crippen LogP contribution in [0.15, 0.2) is 53.4 Å². The van der Waals surface area contributed by atoms with E-state index < -0.39 is 0 Å². The molecule has 0 aromatic heterocycles. The van der Waals surface area contributed by atoms with Crippen molar-refractivity contribution in [1.29, 1.82) is 0 Å². The first kappa shape index (κ1) is 16.1. The molecule has 0 heterocycles. The van der Waals surface area contributed by atoms with Gasteiger partial charge in [0.25, 0.3) is 0 Å². The average molecular weight is 299 g/mol. The van der Waals surface area contributed by atoms with Crippen LogP contribution in [0.25, 0.3) is 0 Å². The van der Waals surface area contributed by atoms with E-state index in [1.165, 1.54) is 21.6 Å². The van der Waals surface area contributed by atoms with E-state index in [2.05, 4.69) is 70.2 Å². The van der Waals surface area contributed by atoms with E-state index in [0.29, 0.717) is 11.2 Å². The van der Waals surface area contributed by atoms with Gasteiger partial charge < -0.3 is 5.73 Å². The molecule has 0 radical (unpaired) electrons. The Balaban J connectivity index is 2.23. The summed E-state index contributed by atoms with van der Waals surface area (Å²) < 4.78 is 0. The Bertz CT molecular complexity index is 577. The van der Waals surface area contributed by atoms with Gasteiger partial charge in [-0.3, -0.25) is 0 Å². The van der Waals surface area contributed by atoms with Gasteiger partial charge in [0.15, 0.2) is 0 Å². The average Bonchev–Trinajstić information content (AvgIpc) is 2.46. The Morgan fingerprint density at radius 2 is 1.62 bits per heavy atom. The van der Waals surface area contributed by atoms with Gasteiger partial charge in [-0.2, -0.15) is 0 Å². The van der Waals surface area contributed by atoms with E-state index in [0.717, 1.165) is 0 Å². The third-order valence-corrected chi connectivity index (χ3v) is 5.61. The van der Waals surface area contributed by atoms with Crippen LogP contribution in [0.1, 0.15) is 36.6 Å². The van der Waals surface area contributed by atoms with Crippen LogP contribution in [0.3, 0.4) is 0 Å². The molecule has 2 N–H and O–H groups in total. The van der Waals surface area contributed by atoms with Crippen LogP contribution in [0.4, 0.5) is 0 Å². The maximum absolute atomic E-state index is 6.55. The molecule has 21 heavy (non-hydrogen) atoms. The molecule has 1 nitrogen and oxygen atoms in total. The number of hydrogen-bond acceptors (Lipinski definition) is 2. The van der Waals surface area contributed by atoms with E-state index in [4.69, 9.17) is 5.73 Å². The van der Waals surface area contributed by atoms with Crippen molar-refractivity contribution in [3.05, 3.63) is 65.2 Å². The minimum Gasteiger partial charge on any atom is -0.323 e. The maximum atomic E-state index is 6.55. The fraction of sp³-hybridized carbons (Fsp3) is 0.368. The van der Waals surface area contributed by atoms with Crippen molar-refractivity contribution in [3.8, 4) is 0 Å². The van der Waals surface area contributed by atoms with Gasteiger partial charge in [-0.1, -0.05) is 61.9 Å². The number of rotatable bonds is 5. The number of hydrogen-bond donors (Lipinski definition) is 1. The van der Waals surface area contributed by atoms with E-state index in [1.54, 1.807) is 0 Å². The molecular formula is C19H25NS. The predicted octanol–water partition coefficient (Wildman–Crippen LogP) is 5.12. The highest BCUT2D eigenvalue weighted by atomic mass is 32.2. The van der Waals surface area contributed by atoms with Crippen molar-refractivity contribution in [2.45, 2.75) is 43.9 Å². The van der Waals surface area contributed by atoms with Gasteiger partial charge in [-0.15, -0.1) is 11.8 Å². The first-order chi connectivity index (χ1) is 9.99. The highest BCUT2D eigenvalue weighted by Gasteiger charge is 2.24. The summed E-state index contributed by atoms with van der Waals surface area (Å²) in [5, 5.41) is 0.369. The summed E-state index contributed by atoms with van der Waals surface area (Å²) in [7, 11) is 0. The van der Waals surface area contributed by atoms with Crippen LogP contribution in [0.2, 0.25) is 0 Å². The summed E-state index contributed by atoms with van der Waals surface area (Å²) in [6.45, 7) is 8.83. The van der Waals surface area contributed by atoms with Crippen molar-refractivity contribution < 1.29 is 0 Å². The molecule has 0 amide bonds. The first-order valence-corrected chi connectivity index (χ1v) is 8.41. The smallest absolute Gasteiger partial charge is 0.0421 e. The molecule has 0 fully saturated rings. The zero-order valence-electron chi connectivity index (χ0n) is 13.3. The molecule has 2 heteroatoms. The summed E-state index contributed by atoms with van der Waals surface area (Å²) in [5.41, 5.74) is 10.4. The Labute approximate surface area is 133 Å². The fourth-order valence-electron chi connectivity index (χ4n) is 2.57. The van der Waals surface area contributed by atoms with Crippen molar-refractivity contribution in [2.75, 3.05) is 0 Å². The highest BCUT2D eigenvalue weighted by Crippen LogP contribution is 2.37. The Morgan fingerprint density at radius 1 is 0.952 bits per heavy atom. The van der Waals surface area contributed by atoms with Gasteiger partial charge in [0.1, 0.15) is 0 Å². The molecule has 112 valence electrons. The molecule has 2 rings (SSSR count). The summed E-state index contributed by atoms with van der Waals surface area (Å²) in [5.74, 6) is 0.519. The fourth-order valence-corrected chi connectivity index (χ4v) is 3.83. The van der Waals surface area contributed by atoms with Crippen molar-refractivity contribution in [2.24, 2.45) is 11.7 Å². The Hall–Kier alpha value is -1.25. The molecule has 0 spiro atoms. The number of benzene rings is 2. The van der Waals surface area contributed by atoms with E-state index >= 15 is 0 Å².